The molecule has 0 amide bonds. The molecule has 1 aromatic rings. The first kappa shape index (κ1) is 10.5. The van der Waals surface area contributed by atoms with Gasteiger partial charge in [0.2, 0.25) is 0 Å². The molecule has 0 saturated carbocycles. The molecule has 1 aliphatic carbocycles. The highest BCUT2D eigenvalue weighted by molar-refractivity contribution is 9.10. The number of halogens is 1. The number of fused-ring (bicyclic) bond motifs is 1. The van der Waals surface area contributed by atoms with Crippen LogP contribution in [0.1, 0.15) is 30.5 Å². The van der Waals surface area contributed by atoms with Crippen molar-refractivity contribution in [2.24, 2.45) is 0 Å². The molecule has 2 rings (SSSR count). The third kappa shape index (κ3) is 2.02. The van der Waals surface area contributed by atoms with Crippen LogP contribution >= 0.6 is 15.9 Å². The highest BCUT2D eigenvalue weighted by Crippen LogP contribution is 2.28. The third-order valence-electron chi connectivity index (χ3n) is 2.19. The van der Waals surface area contributed by atoms with Gasteiger partial charge in [-0.25, -0.2) is 0 Å². The first-order valence-corrected chi connectivity index (χ1v) is 5.53. The predicted octanol–water partition coefficient (Wildman–Crippen LogP) is 4.35. The summed E-state index contributed by atoms with van der Waals surface area (Å²) in [6.07, 6.45) is 5.50. The standard InChI is InChI=1S/C10H9Br.C2H6/c1-7-9-4-2-3-8(9)5-6-10(7)11;1-2/h2-3,5-6H,4H2,1H3;1-2H3. The maximum atomic E-state index is 3.52. The zero-order valence-corrected chi connectivity index (χ0v) is 9.98. The Labute approximate surface area is 88.8 Å². The maximum Gasteiger partial charge on any atom is 0.0207 e. The van der Waals surface area contributed by atoms with Crippen molar-refractivity contribution in [2.45, 2.75) is 27.2 Å². The van der Waals surface area contributed by atoms with Gasteiger partial charge in [-0.3, -0.25) is 0 Å². The van der Waals surface area contributed by atoms with E-state index in [1.165, 1.54) is 21.2 Å². The number of allylic oxidation sites excluding steroid dienone is 1. The van der Waals surface area contributed by atoms with Gasteiger partial charge in [-0.05, 0) is 36.1 Å². The molecular weight excluding hydrogens is 224 g/mol. The van der Waals surface area contributed by atoms with Gasteiger partial charge in [0.15, 0.2) is 0 Å². The Morgan fingerprint density at radius 2 is 1.92 bits per heavy atom. The molecule has 0 atom stereocenters. The van der Waals surface area contributed by atoms with Crippen molar-refractivity contribution in [1.29, 1.82) is 0 Å². The van der Waals surface area contributed by atoms with Gasteiger partial charge in [0, 0.05) is 4.47 Å². The molecule has 0 spiro atoms. The summed E-state index contributed by atoms with van der Waals surface area (Å²) in [4.78, 5) is 0. The van der Waals surface area contributed by atoms with Crippen molar-refractivity contribution in [3.63, 3.8) is 0 Å². The van der Waals surface area contributed by atoms with Crippen molar-refractivity contribution in [1.82, 2.24) is 0 Å². The van der Waals surface area contributed by atoms with Gasteiger partial charge < -0.3 is 0 Å². The van der Waals surface area contributed by atoms with Gasteiger partial charge in [0.05, 0.1) is 0 Å². The van der Waals surface area contributed by atoms with Gasteiger partial charge in [0.25, 0.3) is 0 Å². The molecule has 0 N–H and O–H groups in total. The Balaban J connectivity index is 0.000000396. The highest BCUT2D eigenvalue weighted by atomic mass is 79.9. The Morgan fingerprint density at radius 3 is 2.62 bits per heavy atom. The molecule has 0 radical (unpaired) electrons. The Kier molecular flexibility index (Phi) is 3.73. The lowest BCUT2D eigenvalue weighted by Gasteiger charge is -2.04. The van der Waals surface area contributed by atoms with Gasteiger partial charge in [-0.1, -0.05) is 48.0 Å². The fourth-order valence-corrected chi connectivity index (χ4v) is 1.85. The molecule has 13 heavy (non-hydrogen) atoms. The Bertz CT molecular complexity index is 324. The monoisotopic (exact) mass is 238 g/mol. The lowest BCUT2D eigenvalue weighted by atomic mass is 10.0. The smallest absolute Gasteiger partial charge is 0.0207 e. The molecule has 1 aromatic carbocycles. The molecule has 0 unspecified atom stereocenters. The number of rotatable bonds is 0. The minimum absolute atomic E-state index is 1.10. The molecule has 1 heteroatoms. The summed E-state index contributed by atoms with van der Waals surface area (Å²) in [6, 6.07) is 4.28. The SMILES string of the molecule is CC.Cc1c(Br)ccc2c1CC=C2. The van der Waals surface area contributed by atoms with Gasteiger partial charge in [-0.2, -0.15) is 0 Å². The summed E-state index contributed by atoms with van der Waals surface area (Å²) >= 11 is 3.52. The molecule has 0 saturated heterocycles. The molecule has 0 nitrogen and oxygen atoms in total. The molecule has 0 aliphatic heterocycles. The number of benzene rings is 1. The van der Waals surface area contributed by atoms with Crippen LogP contribution in [0.4, 0.5) is 0 Å². The van der Waals surface area contributed by atoms with Crippen LogP contribution in [-0.4, -0.2) is 0 Å². The van der Waals surface area contributed by atoms with Crippen molar-refractivity contribution in [3.8, 4) is 0 Å². The zero-order chi connectivity index (χ0) is 9.84. The highest BCUT2D eigenvalue weighted by Gasteiger charge is 2.08. The molecule has 1 aliphatic rings. The summed E-state index contributed by atoms with van der Waals surface area (Å²) < 4.78 is 1.22. The van der Waals surface area contributed by atoms with E-state index in [0.717, 1.165) is 6.42 Å². The van der Waals surface area contributed by atoms with Crippen LogP contribution in [0.5, 0.6) is 0 Å². The number of hydrogen-bond donors (Lipinski definition) is 0. The van der Waals surface area contributed by atoms with Crippen LogP contribution in [0, 0.1) is 6.92 Å². The number of hydrogen-bond acceptors (Lipinski definition) is 0. The van der Waals surface area contributed by atoms with E-state index in [1.807, 2.05) is 13.8 Å². The van der Waals surface area contributed by atoms with E-state index in [0.29, 0.717) is 0 Å². The topological polar surface area (TPSA) is 0 Å². The summed E-state index contributed by atoms with van der Waals surface area (Å²) in [5.74, 6) is 0. The first-order chi connectivity index (χ1) is 6.29. The third-order valence-corrected chi connectivity index (χ3v) is 3.05. The quantitative estimate of drug-likeness (QED) is 0.631. The zero-order valence-electron chi connectivity index (χ0n) is 8.39. The van der Waals surface area contributed by atoms with E-state index in [-0.39, 0.29) is 0 Å². The van der Waals surface area contributed by atoms with Crippen LogP contribution in [-0.2, 0) is 6.42 Å². The lowest BCUT2D eigenvalue weighted by molar-refractivity contribution is 1.23. The lowest BCUT2D eigenvalue weighted by Crippen LogP contribution is -1.87. The molecule has 70 valence electrons. The van der Waals surface area contributed by atoms with Crippen LogP contribution in [0.3, 0.4) is 0 Å². The van der Waals surface area contributed by atoms with E-state index in [2.05, 4.69) is 47.1 Å². The normalized spacial score (nSPS) is 12.0. The summed E-state index contributed by atoms with van der Waals surface area (Å²) in [5.41, 5.74) is 4.23. The Hall–Kier alpha value is -0.560. The van der Waals surface area contributed by atoms with E-state index >= 15 is 0 Å². The van der Waals surface area contributed by atoms with E-state index < -0.39 is 0 Å². The average Bonchev–Trinajstić information content (AvgIpc) is 2.63. The maximum absolute atomic E-state index is 3.52. The second-order valence-electron chi connectivity index (χ2n) is 2.85. The summed E-state index contributed by atoms with van der Waals surface area (Å²) in [6.45, 7) is 6.16. The fourth-order valence-electron chi connectivity index (χ4n) is 1.48. The molecular formula is C12H15Br. The second kappa shape index (κ2) is 4.61. The average molecular weight is 239 g/mol. The van der Waals surface area contributed by atoms with E-state index in [4.69, 9.17) is 0 Å². The summed E-state index contributed by atoms with van der Waals surface area (Å²) in [7, 11) is 0. The van der Waals surface area contributed by atoms with Gasteiger partial charge in [-0.15, -0.1) is 0 Å². The minimum Gasteiger partial charge on any atom is -0.0795 e. The molecule has 0 aromatic heterocycles. The molecule has 0 heterocycles. The van der Waals surface area contributed by atoms with Crippen molar-refractivity contribution < 1.29 is 0 Å². The van der Waals surface area contributed by atoms with Gasteiger partial charge >= 0.3 is 0 Å². The molecule has 0 bridgehead atoms. The largest absolute Gasteiger partial charge is 0.0795 e. The van der Waals surface area contributed by atoms with Crippen molar-refractivity contribution in [3.05, 3.63) is 39.4 Å². The van der Waals surface area contributed by atoms with E-state index in [1.54, 1.807) is 0 Å². The van der Waals surface area contributed by atoms with Crippen molar-refractivity contribution >= 4 is 22.0 Å². The van der Waals surface area contributed by atoms with Crippen LogP contribution < -0.4 is 0 Å². The van der Waals surface area contributed by atoms with Crippen LogP contribution in [0.25, 0.3) is 6.08 Å². The minimum atomic E-state index is 1.10. The van der Waals surface area contributed by atoms with E-state index in [9.17, 15) is 0 Å². The Morgan fingerprint density at radius 1 is 1.23 bits per heavy atom. The predicted molar refractivity (Wildman–Crippen MR) is 63.0 cm³/mol. The van der Waals surface area contributed by atoms with Crippen LogP contribution in [0.15, 0.2) is 22.7 Å². The first-order valence-electron chi connectivity index (χ1n) is 4.73. The summed E-state index contributed by atoms with van der Waals surface area (Å²) in [5, 5.41) is 0. The van der Waals surface area contributed by atoms with Crippen LogP contribution in [0.2, 0.25) is 0 Å². The second-order valence-corrected chi connectivity index (χ2v) is 3.70. The van der Waals surface area contributed by atoms with Crippen molar-refractivity contribution in [2.75, 3.05) is 0 Å². The molecule has 0 fully saturated rings. The fraction of sp³-hybridized carbons (Fsp3) is 0.333. The van der Waals surface area contributed by atoms with Gasteiger partial charge in [0.1, 0.15) is 0 Å².